The van der Waals surface area contributed by atoms with E-state index in [1.165, 1.54) is 4.90 Å². The highest BCUT2D eigenvalue weighted by Crippen LogP contribution is 2.05. The molecule has 2 N–H and O–H groups in total. The van der Waals surface area contributed by atoms with Gasteiger partial charge in [0.1, 0.15) is 0 Å². The third-order valence-corrected chi connectivity index (χ3v) is 2.84. The first-order valence-corrected chi connectivity index (χ1v) is 6.34. The molecule has 1 aromatic carbocycles. The van der Waals surface area contributed by atoms with Crippen LogP contribution in [0.15, 0.2) is 24.3 Å². The van der Waals surface area contributed by atoms with Crippen molar-refractivity contribution in [1.82, 2.24) is 10.2 Å². The minimum Gasteiger partial charge on any atom is -0.478 e. The van der Waals surface area contributed by atoms with Gasteiger partial charge in [0.15, 0.2) is 0 Å². The van der Waals surface area contributed by atoms with Crippen molar-refractivity contribution >= 4 is 12.0 Å². The van der Waals surface area contributed by atoms with Crippen LogP contribution < -0.4 is 5.32 Å². The first-order chi connectivity index (χ1) is 9.54. The number of likely N-dealkylation sites (N-methyl/N-ethyl adjacent to an activating group) is 1. The molecule has 20 heavy (non-hydrogen) atoms. The molecule has 0 fully saturated rings. The number of carboxylic acid groups (broad SMARTS) is 1. The zero-order valence-electron chi connectivity index (χ0n) is 11.8. The van der Waals surface area contributed by atoms with Crippen molar-refractivity contribution < 1.29 is 19.4 Å². The lowest BCUT2D eigenvalue weighted by molar-refractivity contribution is 0.0696. The SMILES string of the molecule is COCCN(C)C(=O)NCCc1cccc(C(=O)O)c1. The second-order valence-electron chi connectivity index (χ2n) is 4.40. The molecule has 0 saturated heterocycles. The lowest BCUT2D eigenvalue weighted by atomic mass is 10.1. The largest absolute Gasteiger partial charge is 0.478 e. The van der Waals surface area contributed by atoms with E-state index in [4.69, 9.17) is 9.84 Å². The summed E-state index contributed by atoms with van der Waals surface area (Å²) in [5, 5.41) is 11.7. The molecule has 0 radical (unpaired) electrons. The third kappa shape index (κ3) is 5.27. The topological polar surface area (TPSA) is 78.9 Å². The average molecular weight is 280 g/mol. The summed E-state index contributed by atoms with van der Waals surface area (Å²) in [6.07, 6.45) is 0.588. The van der Waals surface area contributed by atoms with Gasteiger partial charge >= 0.3 is 12.0 Å². The van der Waals surface area contributed by atoms with Gasteiger partial charge in [-0.15, -0.1) is 0 Å². The molecule has 6 heteroatoms. The predicted octanol–water partition coefficient (Wildman–Crippen LogP) is 1.22. The molecular formula is C14H20N2O4. The molecule has 0 aliphatic heterocycles. The van der Waals surface area contributed by atoms with Crippen molar-refractivity contribution in [2.24, 2.45) is 0 Å². The van der Waals surface area contributed by atoms with Crippen molar-refractivity contribution in [3.05, 3.63) is 35.4 Å². The van der Waals surface area contributed by atoms with E-state index in [0.29, 0.717) is 26.1 Å². The Kier molecular flexibility index (Phi) is 6.52. The van der Waals surface area contributed by atoms with E-state index in [1.54, 1.807) is 32.4 Å². The number of urea groups is 1. The second-order valence-corrected chi connectivity index (χ2v) is 4.40. The Balaban J connectivity index is 2.38. The second kappa shape index (κ2) is 8.16. The highest BCUT2D eigenvalue weighted by Gasteiger charge is 2.07. The zero-order valence-corrected chi connectivity index (χ0v) is 11.8. The molecule has 1 rings (SSSR count). The molecule has 1 aromatic rings. The minimum atomic E-state index is -0.949. The summed E-state index contributed by atoms with van der Waals surface area (Å²) in [6.45, 7) is 1.47. The van der Waals surface area contributed by atoms with Gasteiger partial charge in [0.25, 0.3) is 0 Å². The summed E-state index contributed by atoms with van der Waals surface area (Å²) >= 11 is 0. The average Bonchev–Trinajstić information content (AvgIpc) is 2.44. The van der Waals surface area contributed by atoms with Crippen LogP contribution in [0.4, 0.5) is 4.79 Å². The highest BCUT2D eigenvalue weighted by atomic mass is 16.5. The van der Waals surface area contributed by atoms with Crippen LogP contribution in [0.25, 0.3) is 0 Å². The summed E-state index contributed by atoms with van der Waals surface area (Å²) in [7, 11) is 3.28. The number of aromatic carboxylic acids is 1. The number of amides is 2. The van der Waals surface area contributed by atoms with E-state index in [2.05, 4.69) is 5.32 Å². The summed E-state index contributed by atoms with van der Waals surface area (Å²) in [4.78, 5) is 24.1. The van der Waals surface area contributed by atoms with Gasteiger partial charge in [-0.3, -0.25) is 0 Å². The fraction of sp³-hybridized carbons (Fsp3) is 0.429. The van der Waals surface area contributed by atoms with Crippen molar-refractivity contribution in [2.75, 3.05) is 33.9 Å². The molecule has 0 atom stereocenters. The van der Waals surface area contributed by atoms with Crippen molar-refractivity contribution in [3.8, 4) is 0 Å². The maximum absolute atomic E-state index is 11.7. The number of methoxy groups -OCH3 is 1. The maximum atomic E-state index is 11.7. The van der Waals surface area contributed by atoms with E-state index >= 15 is 0 Å². The van der Waals surface area contributed by atoms with Crippen LogP contribution in [-0.4, -0.2) is 55.9 Å². The van der Waals surface area contributed by atoms with Crippen LogP contribution in [0.5, 0.6) is 0 Å². The molecule has 0 aliphatic carbocycles. The van der Waals surface area contributed by atoms with Gasteiger partial charge < -0.3 is 20.1 Å². The molecule has 0 saturated carbocycles. The van der Waals surface area contributed by atoms with Crippen LogP contribution in [0.1, 0.15) is 15.9 Å². The molecule has 0 bridgehead atoms. The fourth-order valence-corrected chi connectivity index (χ4v) is 1.64. The summed E-state index contributed by atoms with van der Waals surface area (Å²) in [6, 6.07) is 6.53. The standard InChI is InChI=1S/C14H20N2O4/c1-16(8-9-20-2)14(19)15-7-6-11-4-3-5-12(10-11)13(17)18/h3-5,10H,6-9H2,1-2H3,(H,15,19)(H,17,18). The normalized spacial score (nSPS) is 10.1. The number of hydrogen-bond donors (Lipinski definition) is 2. The van der Waals surface area contributed by atoms with Gasteiger partial charge in [-0.2, -0.15) is 0 Å². The predicted molar refractivity (Wildman–Crippen MR) is 75.0 cm³/mol. The number of nitrogens with zero attached hydrogens (tertiary/aromatic N) is 1. The van der Waals surface area contributed by atoms with Crippen molar-refractivity contribution in [3.63, 3.8) is 0 Å². The smallest absolute Gasteiger partial charge is 0.335 e. The molecular weight excluding hydrogens is 260 g/mol. The first-order valence-electron chi connectivity index (χ1n) is 6.34. The number of carboxylic acids is 1. The fourth-order valence-electron chi connectivity index (χ4n) is 1.64. The van der Waals surface area contributed by atoms with Gasteiger partial charge in [0, 0.05) is 27.2 Å². The van der Waals surface area contributed by atoms with Crippen LogP contribution in [0.2, 0.25) is 0 Å². The van der Waals surface area contributed by atoms with E-state index in [0.717, 1.165) is 5.56 Å². The number of hydrogen-bond acceptors (Lipinski definition) is 3. The lowest BCUT2D eigenvalue weighted by Gasteiger charge is -2.17. The number of ether oxygens (including phenoxy) is 1. The summed E-state index contributed by atoms with van der Waals surface area (Å²) < 4.78 is 4.89. The number of nitrogens with one attached hydrogen (secondary N) is 1. The summed E-state index contributed by atoms with van der Waals surface area (Å²) in [5.74, 6) is -0.949. The molecule has 6 nitrogen and oxygen atoms in total. The number of rotatable bonds is 7. The molecule has 0 unspecified atom stereocenters. The Morgan fingerprint density at radius 2 is 2.15 bits per heavy atom. The monoisotopic (exact) mass is 280 g/mol. The maximum Gasteiger partial charge on any atom is 0.335 e. The Labute approximate surface area is 118 Å². The molecule has 2 amide bonds. The van der Waals surface area contributed by atoms with E-state index in [9.17, 15) is 9.59 Å². The third-order valence-electron chi connectivity index (χ3n) is 2.84. The van der Waals surface area contributed by atoms with E-state index in [-0.39, 0.29) is 11.6 Å². The van der Waals surface area contributed by atoms with Gasteiger partial charge in [0.2, 0.25) is 0 Å². The lowest BCUT2D eigenvalue weighted by Crippen LogP contribution is -2.39. The minimum absolute atomic E-state index is 0.170. The zero-order chi connectivity index (χ0) is 15.0. The quantitative estimate of drug-likeness (QED) is 0.787. The number of carbonyl (C=O) groups is 2. The number of carbonyl (C=O) groups excluding carboxylic acids is 1. The van der Waals surface area contributed by atoms with Crippen LogP contribution in [0.3, 0.4) is 0 Å². The Bertz CT molecular complexity index is 462. The van der Waals surface area contributed by atoms with E-state index in [1.807, 2.05) is 6.07 Å². The molecule has 110 valence electrons. The van der Waals surface area contributed by atoms with Crippen molar-refractivity contribution in [2.45, 2.75) is 6.42 Å². The summed E-state index contributed by atoms with van der Waals surface area (Å²) in [5.41, 5.74) is 1.13. The Hall–Kier alpha value is -2.08. The van der Waals surface area contributed by atoms with Gasteiger partial charge in [-0.05, 0) is 24.1 Å². The Morgan fingerprint density at radius 3 is 2.80 bits per heavy atom. The van der Waals surface area contributed by atoms with Crippen LogP contribution >= 0.6 is 0 Å². The Morgan fingerprint density at radius 1 is 1.40 bits per heavy atom. The van der Waals surface area contributed by atoms with Crippen molar-refractivity contribution in [1.29, 1.82) is 0 Å². The van der Waals surface area contributed by atoms with E-state index < -0.39 is 5.97 Å². The molecule has 0 aliphatic rings. The van der Waals surface area contributed by atoms with Gasteiger partial charge in [-0.1, -0.05) is 12.1 Å². The van der Waals surface area contributed by atoms with Crippen LogP contribution in [-0.2, 0) is 11.2 Å². The molecule has 0 aromatic heterocycles. The molecule has 0 spiro atoms. The number of benzene rings is 1. The van der Waals surface area contributed by atoms with Crippen LogP contribution in [0, 0.1) is 0 Å². The van der Waals surface area contributed by atoms with Gasteiger partial charge in [-0.25, -0.2) is 9.59 Å². The first kappa shape index (κ1) is 16.0. The molecule has 0 heterocycles. The van der Waals surface area contributed by atoms with Gasteiger partial charge in [0.05, 0.1) is 12.2 Å². The highest BCUT2D eigenvalue weighted by molar-refractivity contribution is 5.87.